The molecule has 1 amide bonds. The Morgan fingerprint density at radius 1 is 1.36 bits per heavy atom. The van der Waals surface area contributed by atoms with Gasteiger partial charge >= 0.3 is 0 Å². The van der Waals surface area contributed by atoms with E-state index >= 15 is 0 Å². The molecule has 0 unspecified atom stereocenters. The molecule has 0 radical (unpaired) electrons. The molecule has 0 N–H and O–H groups in total. The molecule has 2 rings (SSSR count). The van der Waals surface area contributed by atoms with E-state index < -0.39 is 20.0 Å². The summed E-state index contributed by atoms with van der Waals surface area (Å²) in [7, 11) is -3.10. The number of non-ortho nitro benzene ring substituents is 1. The summed E-state index contributed by atoms with van der Waals surface area (Å²) in [6.45, 7) is 0.647. The van der Waals surface area contributed by atoms with Gasteiger partial charge in [0.05, 0.1) is 20.8 Å². The number of nitrogens with zero attached hydrogens (tertiary/aromatic N) is 2. The van der Waals surface area contributed by atoms with Crippen molar-refractivity contribution in [2.45, 2.75) is 18.1 Å². The van der Waals surface area contributed by atoms with E-state index in [1.54, 1.807) is 0 Å². The van der Waals surface area contributed by atoms with Crippen LogP contribution in [0.5, 0.6) is 0 Å². The zero-order chi connectivity index (χ0) is 16.5. The van der Waals surface area contributed by atoms with E-state index in [4.69, 9.17) is 11.6 Å². The molecule has 0 aliphatic carbocycles. The van der Waals surface area contributed by atoms with Crippen LogP contribution in [0.15, 0.2) is 18.2 Å². The SMILES string of the molecule is CS(=O)(=O)C1CCN(C(=O)c2ccc([N+](=O)[O-])cc2Cl)CC1. The minimum Gasteiger partial charge on any atom is -0.339 e. The van der Waals surface area contributed by atoms with Crippen LogP contribution in [0.25, 0.3) is 0 Å². The van der Waals surface area contributed by atoms with Crippen LogP contribution < -0.4 is 0 Å². The molecular weight excluding hydrogens is 332 g/mol. The average molecular weight is 347 g/mol. The molecule has 120 valence electrons. The van der Waals surface area contributed by atoms with Crippen LogP contribution in [0.3, 0.4) is 0 Å². The Kier molecular flexibility index (Phi) is 4.72. The van der Waals surface area contributed by atoms with E-state index in [0.717, 1.165) is 6.07 Å². The van der Waals surface area contributed by atoms with Gasteiger partial charge in [-0.05, 0) is 18.9 Å². The molecule has 1 aliphatic rings. The number of benzene rings is 1. The predicted molar refractivity (Wildman–Crippen MR) is 81.9 cm³/mol. The topological polar surface area (TPSA) is 97.6 Å². The third kappa shape index (κ3) is 3.56. The first-order valence-corrected chi connectivity index (χ1v) is 8.95. The number of nitro benzene ring substituents is 1. The molecule has 1 aliphatic heterocycles. The molecule has 9 heteroatoms. The maximum absolute atomic E-state index is 12.4. The van der Waals surface area contributed by atoms with Crippen LogP contribution in [0.1, 0.15) is 23.2 Å². The van der Waals surface area contributed by atoms with Gasteiger partial charge in [-0.15, -0.1) is 0 Å². The fraction of sp³-hybridized carbons (Fsp3) is 0.462. The minimum absolute atomic E-state index is 0.0180. The van der Waals surface area contributed by atoms with Crippen LogP contribution in [0.2, 0.25) is 5.02 Å². The van der Waals surface area contributed by atoms with E-state index in [1.807, 2.05) is 0 Å². The third-order valence-electron chi connectivity index (χ3n) is 3.73. The number of sulfone groups is 1. The lowest BCUT2D eigenvalue weighted by Gasteiger charge is -2.31. The predicted octanol–water partition coefficient (Wildman–Crippen LogP) is 1.90. The summed E-state index contributed by atoms with van der Waals surface area (Å²) < 4.78 is 23.0. The van der Waals surface area contributed by atoms with Gasteiger partial charge in [0, 0.05) is 31.5 Å². The van der Waals surface area contributed by atoms with Crippen LogP contribution in [0, 0.1) is 10.1 Å². The number of nitro groups is 1. The number of amides is 1. The lowest BCUT2D eigenvalue weighted by atomic mass is 10.1. The molecule has 1 heterocycles. The lowest BCUT2D eigenvalue weighted by Crippen LogP contribution is -2.42. The first kappa shape index (κ1) is 16.7. The van der Waals surface area contributed by atoms with Crippen molar-refractivity contribution in [2.75, 3.05) is 19.3 Å². The number of piperidine rings is 1. The van der Waals surface area contributed by atoms with E-state index in [1.165, 1.54) is 23.3 Å². The van der Waals surface area contributed by atoms with Gasteiger partial charge in [-0.3, -0.25) is 14.9 Å². The zero-order valence-electron chi connectivity index (χ0n) is 11.9. The number of carbonyl (C=O) groups excluding carboxylic acids is 1. The zero-order valence-corrected chi connectivity index (χ0v) is 13.4. The number of rotatable bonds is 3. The van der Waals surface area contributed by atoms with Gasteiger partial charge in [0.15, 0.2) is 0 Å². The second-order valence-corrected chi connectivity index (χ2v) is 7.98. The summed E-state index contributed by atoms with van der Waals surface area (Å²) in [4.78, 5) is 24.0. The Morgan fingerprint density at radius 2 is 1.95 bits per heavy atom. The first-order chi connectivity index (χ1) is 10.2. The molecule has 0 saturated carbocycles. The number of hydrogen-bond acceptors (Lipinski definition) is 5. The average Bonchev–Trinajstić information content (AvgIpc) is 2.45. The Balaban J connectivity index is 2.12. The van der Waals surface area contributed by atoms with E-state index in [9.17, 15) is 23.3 Å². The van der Waals surface area contributed by atoms with Crippen LogP contribution in [-0.2, 0) is 9.84 Å². The normalized spacial score (nSPS) is 16.5. The number of likely N-dealkylation sites (tertiary alicyclic amines) is 1. The summed E-state index contributed by atoms with van der Waals surface area (Å²) in [5.41, 5.74) is 0.00223. The maximum atomic E-state index is 12.4. The molecule has 0 bridgehead atoms. The van der Waals surface area contributed by atoms with Crippen molar-refractivity contribution in [2.24, 2.45) is 0 Å². The van der Waals surface area contributed by atoms with Gasteiger partial charge in [0.1, 0.15) is 9.84 Å². The van der Waals surface area contributed by atoms with Crippen LogP contribution >= 0.6 is 11.6 Å². The number of halogens is 1. The smallest absolute Gasteiger partial charge is 0.270 e. The van der Waals surface area contributed by atoms with E-state index in [-0.39, 0.29) is 22.2 Å². The molecule has 1 fully saturated rings. The molecule has 22 heavy (non-hydrogen) atoms. The summed E-state index contributed by atoms with van der Waals surface area (Å²) in [6.07, 6.45) is 1.96. The van der Waals surface area contributed by atoms with Crippen molar-refractivity contribution >= 4 is 33.0 Å². The van der Waals surface area contributed by atoms with Crippen molar-refractivity contribution < 1.29 is 18.1 Å². The first-order valence-electron chi connectivity index (χ1n) is 6.62. The van der Waals surface area contributed by atoms with Gasteiger partial charge < -0.3 is 4.90 Å². The Labute approximate surface area is 132 Å². The summed E-state index contributed by atoms with van der Waals surface area (Å²) in [5.74, 6) is -0.341. The Morgan fingerprint density at radius 3 is 2.41 bits per heavy atom. The minimum atomic E-state index is -3.10. The van der Waals surface area contributed by atoms with Crippen LogP contribution in [0.4, 0.5) is 5.69 Å². The highest BCUT2D eigenvalue weighted by molar-refractivity contribution is 7.91. The van der Waals surface area contributed by atoms with Gasteiger partial charge in [0.2, 0.25) is 0 Å². The molecule has 0 spiro atoms. The second-order valence-electron chi connectivity index (χ2n) is 5.24. The Hall–Kier alpha value is -1.67. The fourth-order valence-electron chi connectivity index (χ4n) is 2.45. The molecule has 1 aromatic carbocycles. The van der Waals surface area contributed by atoms with Gasteiger partial charge in [-0.1, -0.05) is 11.6 Å². The largest absolute Gasteiger partial charge is 0.339 e. The summed E-state index contributed by atoms with van der Waals surface area (Å²) >= 11 is 5.94. The molecule has 1 saturated heterocycles. The highest BCUT2D eigenvalue weighted by Crippen LogP contribution is 2.25. The van der Waals surface area contributed by atoms with Gasteiger partial charge in [-0.2, -0.15) is 0 Å². The maximum Gasteiger partial charge on any atom is 0.270 e. The molecular formula is C13H15ClN2O5S. The highest BCUT2D eigenvalue weighted by Gasteiger charge is 2.30. The molecule has 1 aromatic rings. The Bertz CT molecular complexity index is 711. The van der Waals surface area contributed by atoms with Gasteiger partial charge in [-0.25, -0.2) is 8.42 Å². The highest BCUT2D eigenvalue weighted by atomic mass is 35.5. The van der Waals surface area contributed by atoms with Crippen molar-refractivity contribution in [1.82, 2.24) is 4.90 Å². The monoisotopic (exact) mass is 346 g/mol. The number of hydrogen-bond donors (Lipinski definition) is 0. The van der Waals surface area contributed by atoms with E-state index in [0.29, 0.717) is 25.9 Å². The van der Waals surface area contributed by atoms with Crippen LogP contribution in [-0.4, -0.2) is 48.7 Å². The molecule has 0 aromatic heterocycles. The fourth-order valence-corrected chi connectivity index (χ4v) is 3.77. The van der Waals surface area contributed by atoms with Crippen molar-refractivity contribution in [3.8, 4) is 0 Å². The van der Waals surface area contributed by atoms with Crippen molar-refractivity contribution in [3.05, 3.63) is 38.9 Å². The third-order valence-corrected chi connectivity index (χ3v) is 5.72. The number of carbonyl (C=O) groups is 1. The summed E-state index contributed by atoms with van der Waals surface area (Å²) in [6, 6.07) is 3.69. The van der Waals surface area contributed by atoms with Gasteiger partial charge in [0.25, 0.3) is 11.6 Å². The molecule has 0 atom stereocenters. The lowest BCUT2D eigenvalue weighted by molar-refractivity contribution is -0.384. The van der Waals surface area contributed by atoms with Crippen molar-refractivity contribution in [3.63, 3.8) is 0 Å². The quantitative estimate of drug-likeness (QED) is 0.615. The standard InChI is InChI=1S/C13H15ClN2O5S/c1-22(20,21)10-4-6-15(7-5-10)13(17)11-3-2-9(16(18)19)8-12(11)14/h2-3,8,10H,4-7H2,1H3. The second kappa shape index (κ2) is 6.21. The molecule has 7 nitrogen and oxygen atoms in total. The summed E-state index contributed by atoms with van der Waals surface area (Å²) in [5, 5.41) is 10.3. The van der Waals surface area contributed by atoms with Crippen molar-refractivity contribution in [1.29, 1.82) is 0 Å². The van der Waals surface area contributed by atoms with E-state index in [2.05, 4.69) is 0 Å².